The largest absolute Gasteiger partial charge is 0.0914 e. The summed E-state index contributed by atoms with van der Waals surface area (Å²) in [7, 11) is 0. The Morgan fingerprint density at radius 3 is 2.50 bits per heavy atom. The van der Waals surface area contributed by atoms with Gasteiger partial charge < -0.3 is 0 Å². The molecule has 0 spiro atoms. The Labute approximate surface area is 152 Å². The summed E-state index contributed by atoms with van der Waals surface area (Å²) in [5, 5.41) is 0. The minimum absolute atomic E-state index is 0.905. The smallest absolute Gasteiger partial charge is 0.0205 e. The zero-order chi connectivity index (χ0) is 17.2. The molecule has 2 rings (SSSR count). The molecule has 0 saturated heterocycles. The first-order chi connectivity index (χ1) is 11.8. The van der Waals surface area contributed by atoms with Crippen molar-refractivity contribution in [3.05, 3.63) is 12.2 Å². The Balaban J connectivity index is 1.82. The zero-order valence-electron chi connectivity index (χ0n) is 16.9. The molecule has 24 heavy (non-hydrogen) atoms. The third kappa shape index (κ3) is 6.23. The van der Waals surface area contributed by atoms with E-state index in [0.717, 1.165) is 29.6 Å². The van der Waals surface area contributed by atoms with Gasteiger partial charge in [0.15, 0.2) is 0 Å². The number of hydrogen-bond acceptors (Lipinski definition) is 0. The summed E-state index contributed by atoms with van der Waals surface area (Å²) in [6.45, 7) is 6.92. The molecule has 2 fully saturated rings. The van der Waals surface area contributed by atoms with Crippen molar-refractivity contribution >= 4 is 0 Å². The molecule has 0 amide bonds. The van der Waals surface area contributed by atoms with Gasteiger partial charge in [-0.1, -0.05) is 77.4 Å². The topological polar surface area (TPSA) is 0 Å². The molecule has 140 valence electrons. The summed E-state index contributed by atoms with van der Waals surface area (Å²) in [5.74, 6) is 5.09. The van der Waals surface area contributed by atoms with Gasteiger partial charge in [-0.2, -0.15) is 0 Å². The fourth-order valence-corrected chi connectivity index (χ4v) is 5.73. The van der Waals surface area contributed by atoms with Crippen LogP contribution >= 0.6 is 0 Å². The van der Waals surface area contributed by atoms with E-state index in [0.29, 0.717) is 0 Å². The van der Waals surface area contributed by atoms with Gasteiger partial charge in [0.05, 0.1) is 0 Å². The van der Waals surface area contributed by atoms with E-state index in [9.17, 15) is 0 Å². The van der Waals surface area contributed by atoms with Crippen LogP contribution in [0.2, 0.25) is 0 Å². The molecule has 0 radical (unpaired) electrons. The van der Waals surface area contributed by atoms with Gasteiger partial charge in [-0.3, -0.25) is 0 Å². The van der Waals surface area contributed by atoms with Crippen LogP contribution in [0.3, 0.4) is 0 Å². The van der Waals surface area contributed by atoms with Crippen LogP contribution < -0.4 is 0 Å². The quantitative estimate of drug-likeness (QED) is 0.335. The van der Waals surface area contributed by atoms with Crippen molar-refractivity contribution < 1.29 is 0 Å². The maximum Gasteiger partial charge on any atom is -0.0205 e. The summed E-state index contributed by atoms with van der Waals surface area (Å²) in [6.07, 6.45) is 25.7. The van der Waals surface area contributed by atoms with Crippen LogP contribution in [-0.2, 0) is 0 Å². The highest BCUT2D eigenvalue weighted by atomic mass is 14.4. The molecule has 0 heteroatoms. The van der Waals surface area contributed by atoms with Gasteiger partial charge in [0.25, 0.3) is 0 Å². The molecule has 2 saturated carbocycles. The summed E-state index contributed by atoms with van der Waals surface area (Å²) >= 11 is 0. The first-order valence-corrected chi connectivity index (χ1v) is 11.4. The maximum atomic E-state index is 2.51. The van der Waals surface area contributed by atoms with Gasteiger partial charge in [-0.15, -0.1) is 0 Å². The summed E-state index contributed by atoms with van der Waals surface area (Å²) in [6, 6.07) is 0. The van der Waals surface area contributed by atoms with Crippen LogP contribution in [-0.4, -0.2) is 0 Å². The van der Waals surface area contributed by atoms with E-state index >= 15 is 0 Å². The van der Waals surface area contributed by atoms with Gasteiger partial charge >= 0.3 is 0 Å². The molecule has 0 heterocycles. The minimum atomic E-state index is 0.905. The molecule has 0 aromatic rings. The van der Waals surface area contributed by atoms with Gasteiger partial charge in [-0.05, 0) is 75.0 Å². The van der Waals surface area contributed by atoms with Crippen molar-refractivity contribution in [1.82, 2.24) is 0 Å². The Morgan fingerprint density at radius 2 is 1.75 bits per heavy atom. The molecule has 1 unspecified atom stereocenters. The van der Waals surface area contributed by atoms with Crippen molar-refractivity contribution in [2.45, 2.75) is 111 Å². The Kier molecular flexibility index (Phi) is 9.51. The van der Waals surface area contributed by atoms with Crippen molar-refractivity contribution in [1.29, 1.82) is 0 Å². The summed E-state index contributed by atoms with van der Waals surface area (Å²) in [4.78, 5) is 0. The monoisotopic (exact) mass is 332 g/mol. The normalized spacial score (nSPS) is 32.0. The second-order valence-corrected chi connectivity index (χ2v) is 8.94. The van der Waals surface area contributed by atoms with E-state index in [1.165, 1.54) is 77.0 Å². The Bertz CT molecular complexity index is 342. The number of allylic oxidation sites excluding steroid dienone is 2. The highest BCUT2D eigenvalue weighted by Crippen LogP contribution is 2.44. The minimum Gasteiger partial charge on any atom is -0.0914 e. The van der Waals surface area contributed by atoms with E-state index in [2.05, 4.69) is 32.9 Å². The van der Waals surface area contributed by atoms with E-state index in [1.807, 2.05) is 0 Å². The second-order valence-electron chi connectivity index (χ2n) is 8.94. The summed E-state index contributed by atoms with van der Waals surface area (Å²) in [5.41, 5.74) is 0. The van der Waals surface area contributed by atoms with E-state index in [4.69, 9.17) is 0 Å². The van der Waals surface area contributed by atoms with E-state index in [-0.39, 0.29) is 0 Å². The van der Waals surface area contributed by atoms with Crippen LogP contribution in [0.1, 0.15) is 111 Å². The van der Waals surface area contributed by atoms with E-state index < -0.39 is 0 Å². The highest BCUT2D eigenvalue weighted by molar-refractivity contribution is 4.93. The van der Waals surface area contributed by atoms with Crippen LogP contribution in [0.4, 0.5) is 0 Å². The predicted octanol–water partition coefficient (Wildman–Crippen LogP) is 8.17. The van der Waals surface area contributed by atoms with Crippen LogP contribution in [0.15, 0.2) is 12.2 Å². The average Bonchev–Trinajstić information content (AvgIpc) is 3.23. The lowest BCUT2D eigenvalue weighted by Gasteiger charge is -2.26. The maximum absolute atomic E-state index is 2.51. The van der Waals surface area contributed by atoms with Crippen LogP contribution in [0.25, 0.3) is 0 Å². The van der Waals surface area contributed by atoms with E-state index in [1.54, 1.807) is 12.8 Å². The molecule has 5 atom stereocenters. The Morgan fingerprint density at radius 1 is 0.917 bits per heavy atom. The molecular weight excluding hydrogens is 288 g/mol. The second kappa shape index (κ2) is 11.4. The standard InChI is InChI=1S/C24H44/c1-4-7-11-20-15-16-24(19-20)23(12-8-5-2)18-17-22-14-9-13-21(22)10-6-3/h6,10,20-24H,4-5,7-9,11-19H2,1-3H3/t20-,21+,22-,23?,24-/m1/s1. The molecule has 0 aromatic carbocycles. The van der Waals surface area contributed by atoms with Crippen molar-refractivity contribution in [3.8, 4) is 0 Å². The van der Waals surface area contributed by atoms with Gasteiger partial charge in [0, 0.05) is 0 Å². The third-order valence-corrected chi connectivity index (χ3v) is 7.21. The lowest BCUT2D eigenvalue weighted by molar-refractivity contribution is 0.253. The molecule has 2 aliphatic carbocycles. The lowest BCUT2D eigenvalue weighted by Crippen LogP contribution is -2.15. The SMILES string of the molecule is CC=C[C@H]1CCC[C@@H]1CCC(CCCC)[C@@H]1CC[C@@H](CCCC)C1. The van der Waals surface area contributed by atoms with Crippen LogP contribution in [0.5, 0.6) is 0 Å². The average molecular weight is 333 g/mol. The number of rotatable bonds is 11. The molecule has 0 aliphatic heterocycles. The van der Waals surface area contributed by atoms with Gasteiger partial charge in [0.2, 0.25) is 0 Å². The molecule has 2 aliphatic rings. The van der Waals surface area contributed by atoms with Gasteiger partial charge in [-0.25, -0.2) is 0 Å². The fourth-order valence-electron chi connectivity index (χ4n) is 5.73. The highest BCUT2D eigenvalue weighted by Gasteiger charge is 2.32. The summed E-state index contributed by atoms with van der Waals surface area (Å²) < 4.78 is 0. The zero-order valence-corrected chi connectivity index (χ0v) is 16.9. The first kappa shape index (κ1) is 20.1. The lowest BCUT2D eigenvalue weighted by atomic mass is 9.79. The predicted molar refractivity (Wildman–Crippen MR) is 108 cm³/mol. The third-order valence-electron chi connectivity index (χ3n) is 7.21. The van der Waals surface area contributed by atoms with Crippen LogP contribution in [0, 0.1) is 29.6 Å². The number of hydrogen-bond donors (Lipinski definition) is 0. The number of unbranched alkanes of at least 4 members (excludes halogenated alkanes) is 2. The van der Waals surface area contributed by atoms with Crippen molar-refractivity contribution in [2.24, 2.45) is 29.6 Å². The van der Waals surface area contributed by atoms with Crippen molar-refractivity contribution in [2.75, 3.05) is 0 Å². The molecule has 0 bridgehead atoms. The van der Waals surface area contributed by atoms with Crippen molar-refractivity contribution in [3.63, 3.8) is 0 Å². The van der Waals surface area contributed by atoms with Gasteiger partial charge in [0.1, 0.15) is 0 Å². The molecular formula is C24H44. The molecule has 0 N–H and O–H groups in total. The molecule has 0 aromatic heterocycles. The Hall–Kier alpha value is -0.260. The first-order valence-electron chi connectivity index (χ1n) is 11.4. The fraction of sp³-hybridized carbons (Fsp3) is 0.917. The molecule has 0 nitrogen and oxygen atoms in total.